The summed E-state index contributed by atoms with van der Waals surface area (Å²) in [6.07, 6.45) is 0.792. The third kappa shape index (κ3) is 3.13. The monoisotopic (exact) mass is 349 g/mol. The molecule has 0 aliphatic carbocycles. The third-order valence-electron chi connectivity index (χ3n) is 4.54. The van der Waals surface area contributed by atoms with Crippen LogP contribution in [0.2, 0.25) is 0 Å². The van der Waals surface area contributed by atoms with Gasteiger partial charge < -0.3 is 4.74 Å². The minimum absolute atomic E-state index is 0.00352. The summed E-state index contributed by atoms with van der Waals surface area (Å²) in [6, 6.07) is 27.4. The molecule has 1 aliphatic heterocycles. The number of fused-ring (bicyclic) bond motifs is 1. The highest BCUT2D eigenvalue weighted by Gasteiger charge is 2.32. The van der Waals surface area contributed by atoms with Crippen molar-refractivity contribution in [1.82, 2.24) is 5.09 Å². The van der Waals surface area contributed by atoms with E-state index in [1.807, 2.05) is 84.9 Å². The Morgan fingerprint density at radius 3 is 2.00 bits per heavy atom. The van der Waals surface area contributed by atoms with Gasteiger partial charge in [0.1, 0.15) is 5.75 Å². The van der Waals surface area contributed by atoms with Crippen LogP contribution in [-0.2, 0) is 4.57 Å². The van der Waals surface area contributed by atoms with Crippen LogP contribution in [0.4, 0.5) is 0 Å². The largest absolute Gasteiger partial charge is 0.493 e. The Kier molecular flexibility index (Phi) is 4.44. The first kappa shape index (κ1) is 16.1. The van der Waals surface area contributed by atoms with Crippen LogP contribution in [0, 0.1) is 0 Å². The SMILES string of the molecule is O=P(N[C@@H]1CCOc2ccccc21)(c1ccccc1)c1ccccc1. The first-order chi connectivity index (χ1) is 12.3. The van der Waals surface area contributed by atoms with Gasteiger partial charge in [0.2, 0.25) is 7.29 Å². The number of para-hydroxylation sites is 1. The molecule has 25 heavy (non-hydrogen) atoms. The summed E-state index contributed by atoms with van der Waals surface area (Å²) in [5.74, 6) is 0.874. The van der Waals surface area contributed by atoms with Crippen LogP contribution in [0.1, 0.15) is 18.0 Å². The van der Waals surface area contributed by atoms with Crippen molar-refractivity contribution in [1.29, 1.82) is 0 Å². The zero-order chi connectivity index (χ0) is 17.1. The Morgan fingerprint density at radius 1 is 0.800 bits per heavy atom. The number of ether oxygens (including phenoxy) is 1. The maximum Gasteiger partial charge on any atom is 0.205 e. The van der Waals surface area contributed by atoms with Crippen molar-refractivity contribution in [2.24, 2.45) is 0 Å². The number of hydrogen-bond donors (Lipinski definition) is 1. The molecule has 3 aromatic carbocycles. The first-order valence-corrected chi connectivity index (χ1v) is 10.2. The Hall–Kier alpha value is -2.35. The van der Waals surface area contributed by atoms with Gasteiger partial charge in [0.05, 0.1) is 6.61 Å². The summed E-state index contributed by atoms with van der Waals surface area (Å²) in [7, 11) is -2.95. The van der Waals surface area contributed by atoms with Crippen LogP contribution >= 0.6 is 7.29 Å². The van der Waals surface area contributed by atoms with Crippen LogP contribution in [-0.4, -0.2) is 6.61 Å². The molecule has 0 spiro atoms. The van der Waals surface area contributed by atoms with Gasteiger partial charge in [-0.3, -0.25) is 9.65 Å². The van der Waals surface area contributed by atoms with E-state index in [0.29, 0.717) is 6.61 Å². The molecule has 0 bridgehead atoms. The third-order valence-corrected chi connectivity index (χ3v) is 7.26. The van der Waals surface area contributed by atoms with Gasteiger partial charge in [0.15, 0.2) is 0 Å². The first-order valence-electron chi connectivity index (χ1n) is 8.48. The molecule has 0 fully saturated rings. The molecule has 4 heteroatoms. The lowest BCUT2D eigenvalue weighted by Gasteiger charge is -2.31. The lowest BCUT2D eigenvalue weighted by Crippen LogP contribution is -2.33. The quantitative estimate of drug-likeness (QED) is 0.723. The molecule has 0 radical (unpaired) electrons. The molecule has 1 heterocycles. The average molecular weight is 349 g/mol. The average Bonchev–Trinajstić information content (AvgIpc) is 2.69. The maximum absolute atomic E-state index is 14.1. The highest BCUT2D eigenvalue weighted by Crippen LogP contribution is 2.44. The fraction of sp³-hybridized carbons (Fsp3) is 0.143. The standard InChI is InChI=1S/C21H20NO2P/c23-25(17-9-3-1-4-10-17,18-11-5-2-6-12-18)22-20-15-16-24-21-14-8-7-13-19(20)21/h1-14,20H,15-16H2,(H,22,23)/t20-/m1/s1. The molecule has 0 saturated carbocycles. The minimum atomic E-state index is -2.95. The van der Waals surface area contributed by atoms with E-state index in [1.165, 1.54) is 0 Å². The fourth-order valence-corrected chi connectivity index (χ4v) is 5.76. The summed E-state index contributed by atoms with van der Waals surface area (Å²) >= 11 is 0. The molecular formula is C21H20NO2P. The molecule has 1 N–H and O–H groups in total. The van der Waals surface area contributed by atoms with Gasteiger partial charge >= 0.3 is 0 Å². The highest BCUT2D eigenvalue weighted by molar-refractivity contribution is 7.76. The lowest BCUT2D eigenvalue weighted by atomic mass is 10.0. The summed E-state index contributed by atoms with van der Waals surface area (Å²) in [5, 5.41) is 5.15. The zero-order valence-corrected chi connectivity index (χ0v) is 14.7. The second kappa shape index (κ2) is 6.87. The van der Waals surface area contributed by atoms with Crippen LogP contribution in [0.25, 0.3) is 0 Å². The van der Waals surface area contributed by atoms with Crippen molar-refractivity contribution in [3.63, 3.8) is 0 Å². The molecule has 1 atom stereocenters. The Morgan fingerprint density at radius 2 is 1.36 bits per heavy atom. The van der Waals surface area contributed by atoms with Crippen LogP contribution in [0.3, 0.4) is 0 Å². The zero-order valence-electron chi connectivity index (χ0n) is 13.8. The molecule has 1 aliphatic rings. The summed E-state index contributed by atoms with van der Waals surface area (Å²) in [5.41, 5.74) is 1.07. The smallest absolute Gasteiger partial charge is 0.205 e. The molecular weight excluding hydrogens is 329 g/mol. The predicted molar refractivity (Wildman–Crippen MR) is 102 cm³/mol. The van der Waals surface area contributed by atoms with Gasteiger partial charge in [-0.2, -0.15) is 0 Å². The Labute approximate surface area is 148 Å². The van der Waals surface area contributed by atoms with Crippen LogP contribution < -0.4 is 20.4 Å². The summed E-state index contributed by atoms with van der Waals surface area (Å²) < 4.78 is 19.9. The van der Waals surface area contributed by atoms with E-state index in [2.05, 4.69) is 5.09 Å². The second-order valence-electron chi connectivity index (χ2n) is 6.14. The van der Waals surface area contributed by atoms with Crippen molar-refractivity contribution in [2.75, 3.05) is 6.61 Å². The minimum Gasteiger partial charge on any atom is -0.493 e. The summed E-state index contributed by atoms with van der Waals surface area (Å²) in [4.78, 5) is 0. The van der Waals surface area contributed by atoms with E-state index in [4.69, 9.17) is 4.74 Å². The van der Waals surface area contributed by atoms with Crippen molar-refractivity contribution in [3.05, 3.63) is 90.5 Å². The predicted octanol–water partition coefficient (Wildman–Crippen LogP) is 4.03. The van der Waals surface area contributed by atoms with E-state index in [9.17, 15) is 4.57 Å². The van der Waals surface area contributed by atoms with Crippen molar-refractivity contribution < 1.29 is 9.30 Å². The Bertz CT molecular complexity index is 853. The lowest BCUT2D eigenvalue weighted by molar-refractivity contribution is 0.263. The molecule has 0 unspecified atom stereocenters. The van der Waals surface area contributed by atoms with Crippen molar-refractivity contribution in [3.8, 4) is 5.75 Å². The van der Waals surface area contributed by atoms with E-state index in [1.54, 1.807) is 0 Å². The molecule has 126 valence electrons. The van der Waals surface area contributed by atoms with E-state index >= 15 is 0 Å². The van der Waals surface area contributed by atoms with Gasteiger partial charge in [0, 0.05) is 28.6 Å². The number of hydrogen-bond acceptors (Lipinski definition) is 2. The van der Waals surface area contributed by atoms with Gasteiger partial charge in [-0.1, -0.05) is 54.6 Å². The van der Waals surface area contributed by atoms with Crippen molar-refractivity contribution in [2.45, 2.75) is 12.5 Å². The highest BCUT2D eigenvalue weighted by atomic mass is 31.2. The van der Waals surface area contributed by atoms with Crippen molar-refractivity contribution >= 4 is 17.9 Å². The maximum atomic E-state index is 14.1. The van der Waals surface area contributed by atoms with E-state index < -0.39 is 7.29 Å². The van der Waals surface area contributed by atoms with E-state index in [0.717, 1.165) is 28.3 Å². The molecule has 0 amide bonds. The number of benzene rings is 3. The molecule has 3 aromatic rings. The molecule has 3 nitrogen and oxygen atoms in total. The van der Waals surface area contributed by atoms with E-state index in [-0.39, 0.29) is 6.04 Å². The van der Waals surface area contributed by atoms with Gasteiger partial charge in [0.25, 0.3) is 0 Å². The van der Waals surface area contributed by atoms with Gasteiger partial charge in [-0.15, -0.1) is 0 Å². The molecule has 4 rings (SSSR count). The second-order valence-corrected chi connectivity index (χ2v) is 8.65. The van der Waals surface area contributed by atoms with Gasteiger partial charge in [-0.25, -0.2) is 0 Å². The number of nitrogens with one attached hydrogen (secondary N) is 1. The van der Waals surface area contributed by atoms with Gasteiger partial charge in [-0.05, 0) is 30.3 Å². The van der Waals surface area contributed by atoms with Crippen LogP contribution in [0.15, 0.2) is 84.9 Å². The normalized spacial score (nSPS) is 16.7. The molecule has 0 saturated heterocycles. The number of rotatable bonds is 4. The molecule has 0 aromatic heterocycles. The topological polar surface area (TPSA) is 38.3 Å². The Balaban J connectivity index is 1.78. The van der Waals surface area contributed by atoms with Crippen LogP contribution in [0.5, 0.6) is 5.75 Å². The summed E-state index contributed by atoms with van der Waals surface area (Å²) in [6.45, 7) is 0.623. The fourth-order valence-electron chi connectivity index (χ4n) is 3.27.